The molecule has 2 unspecified atom stereocenters. The van der Waals surface area contributed by atoms with E-state index >= 15 is 0 Å². The van der Waals surface area contributed by atoms with Crippen LogP contribution in [0.3, 0.4) is 0 Å². The van der Waals surface area contributed by atoms with Crippen LogP contribution in [0.25, 0.3) is 5.78 Å². The number of nitrogens with one attached hydrogen (secondary N) is 2. The molecule has 198 valence electrons. The molecule has 3 aromatic heterocycles. The third-order valence-corrected chi connectivity index (χ3v) is 7.34. The lowest BCUT2D eigenvalue weighted by Gasteiger charge is -2.33. The predicted octanol–water partition coefficient (Wildman–Crippen LogP) is 3.60. The maximum absolute atomic E-state index is 13.9. The summed E-state index contributed by atoms with van der Waals surface area (Å²) in [6.45, 7) is 4.51. The largest absolute Gasteiger partial charge is 0.364 e. The molecule has 2 N–H and O–H groups in total. The number of carbonyl (C=O) groups is 2. The number of aromatic nitrogens is 5. The minimum absolute atomic E-state index is 0.0193. The zero-order chi connectivity index (χ0) is 26.2. The quantitative estimate of drug-likeness (QED) is 0.492. The van der Waals surface area contributed by atoms with Crippen molar-refractivity contribution in [3.63, 3.8) is 0 Å². The molecule has 1 saturated carbocycles. The van der Waals surface area contributed by atoms with Crippen LogP contribution in [0, 0.1) is 11.8 Å². The van der Waals surface area contributed by atoms with Crippen LogP contribution in [0.2, 0.25) is 0 Å². The second kappa shape index (κ2) is 10.1. The first-order valence-electron chi connectivity index (χ1n) is 12.8. The lowest BCUT2D eigenvalue weighted by Crippen LogP contribution is -2.37. The van der Waals surface area contributed by atoms with Crippen molar-refractivity contribution < 1.29 is 22.9 Å². The van der Waals surface area contributed by atoms with E-state index in [1.807, 2.05) is 13.8 Å². The van der Waals surface area contributed by atoms with Gasteiger partial charge in [-0.05, 0) is 37.5 Å². The van der Waals surface area contributed by atoms with Crippen LogP contribution in [0.4, 0.5) is 8.78 Å². The van der Waals surface area contributed by atoms with Gasteiger partial charge in [-0.1, -0.05) is 19.0 Å². The summed E-state index contributed by atoms with van der Waals surface area (Å²) in [4.78, 5) is 34.4. The summed E-state index contributed by atoms with van der Waals surface area (Å²) in [5.74, 6) is -3.16. The third-order valence-electron chi connectivity index (χ3n) is 7.34. The molecular formula is C25H31F2N7O3. The molecule has 2 atom stereocenters. The number of halogens is 2. The van der Waals surface area contributed by atoms with E-state index < -0.39 is 17.9 Å². The molecule has 0 aromatic carbocycles. The Bertz CT molecular complexity index is 1280. The Morgan fingerprint density at radius 2 is 2.08 bits per heavy atom. The second-order valence-corrected chi connectivity index (χ2v) is 10.4. The van der Waals surface area contributed by atoms with Crippen LogP contribution in [-0.4, -0.2) is 49.0 Å². The first kappa shape index (κ1) is 25.2. The molecule has 1 aliphatic heterocycles. The van der Waals surface area contributed by atoms with E-state index in [0.717, 1.165) is 12.8 Å². The van der Waals surface area contributed by atoms with Crippen LogP contribution in [-0.2, 0) is 11.2 Å². The van der Waals surface area contributed by atoms with E-state index in [0.29, 0.717) is 41.4 Å². The summed E-state index contributed by atoms with van der Waals surface area (Å²) >= 11 is 0. The van der Waals surface area contributed by atoms with Crippen LogP contribution >= 0.6 is 0 Å². The normalized spacial score (nSPS) is 21.2. The Morgan fingerprint density at radius 1 is 1.30 bits per heavy atom. The number of nitrogens with zero attached hydrogens (tertiary/aromatic N) is 5. The summed E-state index contributed by atoms with van der Waals surface area (Å²) in [5, 5.41) is 14.4. The first-order chi connectivity index (χ1) is 17.7. The molecule has 10 nitrogen and oxygen atoms in total. The molecule has 0 spiro atoms. The number of hydrogen-bond donors (Lipinski definition) is 2. The van der Waals surface area contributed by atoms with Crippen molar-refractivity contribution in [1.29, 1.82) is 0 Å². The summed E-state index contributed by atoms with van der Waals surface area (Å²) < 4.78 is 34.4. The Labute approximate surface area is 212 Å². The number of rotatable bonds is 7. The zero-order valence-electron chi connectivity index (χ0n) is 20.9. The number of alkyl halides is 2. The van der Waals surface area contributed by atoms with Crippen LogP contribution in [0.1, 0.15) is 91.8 Å². The minimum Gasteiger partial charge on any atom is -0.364 e. The van der Waals surface area contributed by atoms with E-state index in [1.165, 1.54) is 10.8 Å². The molecule has 2 fully saturated rings. The fourth-order valence-electron chi connectivity index (χ4n) is 5.24. The van der Waals surface area contributed by atoms with Crippen molar-refractivity contribution in [1.82, 2.24) is 35.4 Å². The number of carbonyl (C=O) groups excluding carboxylic acids is 2. The van der Waals surface area contributed by atoms with Gasteiger partial charge in [-0.15, -0.1) is 0 Å². The number of piperidine rings is 1. The zero-order valence-corrected chi connectivity index (χ0v) is 20.9. The van der Waals surface area contributed by atoms with Crippen molar-refractivity contribution in [2.45, 2.75) is 76.7 Å². The Kier molecular flexibility index (Phi) is 6.91. The van der Waals surface area contributed by atoms with Gasteiger partial charge in [0.15, 0.2) is 0 Å². The summed E-state index contributed by atoms with van der Waals surface area (Å²) in [6, 6.07) is -0.616. The average molecular weight is 516 g/mol. The maximum atomic E-state index is 13.9. The van der Waals surface area contributed by atoms with Crippen LogP contribution in [0.15, 0.2) is 23.2 Å². The maximum Gasteiger partial charge on any atom is 0.257 e. The third kappa shape index (κ3) is 5.47. The highest BCUT2D eigenvalue weighted by Gasteiger charge is 2.39. The Balaban J connectivity index is 1.42. The van der Waals surface area contributed by atoms with Crippen molar-refractivity contribution in [3.05, 3.63) is 41.3 Å². The molecule has 1 aliphatic carbocycles. The number of imidazole rings is 1. The highest BCUT2D eigenvalue weighted by atomic mass is 19.3. The Hall–Kier alpha value is -3.44. The van der Waals surface area contributed by atoms with Crippen LogP contribution < -0.4 is 10.6 Å². The Morgan fingerprint density at radius 3 is 2.81 bits per heavy atom. The monoisotopic (exact) mass is 515 g/mol. The summed E-state index contributed by atoms with van der Waals surface area (Å²) in [6.07, 6.45) is 6.78. The molecule has 4 heterocycles. The number of hydrogen-bond acceptors (Lipinski definition) is 7. The van der Waals surface area contributed by atoms with Gasteiger partial charge in [0, 0.05) is 31.7 Å². The smallest absolute Gasteiger partial charge is 0.257 e. The van der Waals surface area contributed by atoms with E-state index in [-0.39, 0.29) is 49.3 Å². The number of amides is 2. The molecule has 0 bridgehead atoms. The van der Waals surface area contributed by atoms with E-state index in [9.17, 15) is 18.4 Å². The van der Waals surface area contributed by atoms with Gasteiger partial charge in [0.05, 0.1) is 35.5 Å². The average Bonchev–Trinajstić information content (AvgIpc) is 3.51. The number of fused-ring (bicyclic) bond motifs is 1. The fraction of sp³-hybridized carbons (Fsp3) is 0.600. The van der Waals surface area contributed by atoms with Gasteiger partial charge in [-0.25, -0.2) is 23.3 Å². The summed E-state index contributed by atoms with van der Waals surface area (Å²) in [7, 11) is 0. The summed E-state index contributed by atoms with van der Waals surface area (Å²) in [5.41, 5.74) is 2.00. The molecule has 3 aromatic rings. The minimum atomic E-state index is -2.70. The molecular weight excluding hydrogens is 484 g/mol. The van der Waals surface area contributed by atoms with Crippen molar-refractivity contribution in [2.75, 3.05) is 6.54 Å². The molecule has 2 aliphatic rings. The highest BCUT2D eigenvalue weighted by molar-refractivity contribution is 5.95. The molecule has 1 saturated heterocycles. The molecule has 0 radical (unpaired) electrons. The van der Waals surface area contributed by atoms with Gasteiger partial charge >= 0.3 is 0 Å². The van der Waals surface area contributed by atoms with Gasteiger partial charge in [-0.2, -0.15) is 5.10 Å². The molecule has 2 amide bonds. The van der Waals surface area contributed by atoms with Gasteiger partial charge in [0.2, 0.25) is 11.8 Å². The first-order valence-corrected chi connectivity index (χ1v) is 12.8. The molecule has 5 rings (SSSR count). The standard InChI is InChI=1S/C25H31F2N7O3/c1-14(2)20-18(13-37-33-20)23(36)31-21(15-5-7-25(26,27)8-6-15)19-12-34-24(30-19)29-11-17(32-34)10-16-4-3-9-28-22(16)35/h11-16,21H,3-10H2,1-2H3,(H,28,35)(H,31,36). The van der Waals surface area contributed by atoms with Gasteiger partial charge in [0.25, 0.3) is 11.7 Å². The highest BCUT2D eigenvalue weighted by Crippen LogP contribution is 2.41. The lowest BCUT2D eigenvalue weighted by molar-refractivity contribution is -0.126. The van der Waals surface area contributed by atoms with Gasteiger partial charge in [0.1, 0.15) is 11.8 Å². The second-order valence-electron chi connectivity index (χ2n) is 10.4. The van der Waals surface area contributed by atoms with Crippen molar-refractivity contribution >= 4 is 17.6 Å². The SMILES string of the molecule is CC(C)c1nocc1C(=O)NC(c1cn2nc(CC3CCCNC3=O)cnc2n1)C1CCC(F)(F)CC1. The van der Waals surface area contributed by atoms with Gasteiger partial charge < -0.3 is 15.2 Å². The molecule has 37 heavy (non-hydrogen) atoms. The topological polar surface area (TPSA) is 127 Å². The lowest BCUT2D eigenvalue weighted by atomic mass is 9.81. The van der Waals surface area contributed by atoms with Crippen molar-refractivity contribution in [3.8, 4) is 0 Å². The fourth-order valence-corrected chi connectivity index (χ4v) is 5.24. The van der Waals surface area contributed by atoms with E-state index in [4.69, 9.17) is 4.52 Å². The van der Waals surface area contributed by atoms with E-state index in [2.05, 4.69) is 30.9 Å². The van der Waals surface area contributed by atoms with Gasteiger partial charge in [-0.3, -0.25) is 9.59 Å². The predicted molar refractivity (Wildman–Crippen MR) is 128 cm³/mol. The molecule has 12 heteroatoms. The van der Waals surface area contributed by atoms with Crippen LogP contribution in [0.5, 0.6) is 0 Å². The van der Waals surface area contributed by atoms with E-state index in [1.54, 1.807) is 12.4 Å². The van der Waals surface area contributed by atoms with Crippen molar-refractivity contribution in [2.24, 2.45) is 11.8 Å².